The van der Waals surface area contributed by atoms with Crippen LogP contribution in [0.25, 0.3) is 65.6 Å². The van der Waals surface area contributed by atoms with Gasteiger partial charge in [-0.15, -0.1) is 0 Å². The molecule has 1 aliphatic heterocycles. The molecule has 1 aromatic heterocycles. The molecule has 1 N–H and O–H groups in total. The lowest BCUT2D eigenvalue weighted by molar-refractivity contribution is 0.436. The minimum absolute atomic E-state index is 0.517. The average Bonchev–Trinajstić information content (AvgIpc) is 3.65. The Labute approximate surface area is 271 Å². The van der Waals surface area contributed by atoms with Crippen molar-refractivity contribution < 1.29 is 4.74 Å². The summed E-state index contributed by atoms with van der Waals surface area (Å²) in [5.74, 6) is 1.83. The topological polar surface area (TPSA) is 25.0 Å². The number of aromatic amines is 1. The van der Waals surface area contributed by atoms with Gasteiger partial charge in [-0.05, 0) is 91.3 Å². The van der Waals surface area contributed by atoms with Gasteiger partial charge in [0, 0.05) is 32.9 Å². The molecule has 11 rings (SSSR count). The van der Waals surface area contributed by atoms with E-state index >= 15 is 0 Å². The van der Waals surface area contributed by atoms with E-state index in [2.05, 4.69) is 163 Å². The van der Waals surface area contributed by atoms with Crippen LogP contribution in [0.3, 0.4) is 0 Å². The van der Waals surface area contributed by atoms with Gasteiger partial charge in [-0.2, -0.15) is 0 Å². The first kappa shape index (κ1) is 25.1. The Bertz CT molecular complexity index is 2740. The second kappa shape index (κ2) is 8.99. The fourth-order valence-corrected chi connectivity index (χ4v) is 8.70. The van der Waals surface area contributed by atoms with Crippen molar-refractivity contribution in [1.29, 1.82) is 0 Å². The van der Waals surface area contributed by atoms with E-state index in [0.717, 1.165) is 17.0 Å². The van der Waals surface area contributed by atoms with Crippen LogP contribution in [0.1, 0.15) is 22.3 Å². The number of nitrogens with one attached hydrogen (secondary N) is 1. The van der Waals surface area contributed by atoms with Crippen LogP contribution in [0.2, 0.25) is 0 Å². The number of hydrogen-bond acceptors (Lipinski definition) is 1. The van der Waals surface area contributed by atoms with Gasteiger partial charge in [-0.3, -0.25) is 0 Å². The van der Waals surface area contributed by atoms with Crippen LogP contribution in [0, 0.1) is 0 Å². The van der Waals surface area contributed by atoms with Crippen LogP contribution in [0.15, 0.2) is 158 Å². The van der Waals surface area contributed by atoms with E-state index in [9.17, 15) is 0 Å². The lowest BCUT2D eigenvalue weighted by Gasteiger charge is -2.39. The van der Waals surface area contributed by atoms with Gasteiger partial charge >= 0.3 is 0 Å². The number of fused-ring (bicyclic) bond motifs is 16. The van der Waals surface area contributed by atoms with Crippen molar-refractivity contribution in [2.24, 2.45) is 0 Å². The molecule has 0 radical (unpaired) electrons. The molecule has 1 aliphatic carbocycles. The number of hydrogen-bond donors (Lipinski definition) is 1. The van der Waals surface area contributed by atoms with Crippen molar-refractivity contribution >= 4 is 43.4 Å². The molecule has 218 valence electrons. The van der Waals surface area contributed by atoms with E-state index in [0.29, 0.717) is 0 Å². The third-order valence-corrected chi connectivity index (χ3v) is 10.6. The van der Waals surface area contributed by atoms with Crippen LogP contribution in [0.4, 0.5) is 0 Å². The summed E-state index contributed by atoms with van der Waals surface area (Å²) < 4.78 is 6.61. The number of para-hydroxylation sites is 2. The molecular weight excluding hydrogens is 571 g/mol. The number of rotatable bonds is 1. The van der Waals surface area contributed by atoms with Gasteiger partial charge in [-0.1, -0.05) is 121 Å². The molecule has 2 nitrogen and oxygen atoms in total. The van der Waals surface area contributed by atoms with Gasteiger partial charge < -0.3 is 9.72 Å². The van der Waals surface area contributed by atoms with E-state index in [1.54, 1.807) is 0 Å². The molecule has 0 unspecified atom stereocenters. The standard InChI is InChI=1S/C45H27NO/c1-3-11-31-27(9-1)18-22-37-43(31)33-21-17-30(26-38(33)45(37)35-13-5-7-15-41(35)47-42-16-8-6-14-36(42)45)29-20-23-39-34(25-29)44-32-12-4-2-10-28(32)19-24-40(44)46-39/h1-26,46H. The number of benzene rings is 8. The Morgan fingerprint density at radius 1 is 0.426 bits per heavy atom. The molecule has 2 heterocycles. The molecule has 1 spiro atoms. The van der Waals surface area contributed by atoms with Crippen LogP contribution >= 0.6 is 0 Å². The Balaban J connectivity index is 1.24. The normalized spacial score (nSPS) is 13.9. The first-order valence-electron chi connectivity index (χ1n) is 16.3. The second-order valence-electron chi connectivity index (χ2n) is 12.9. The Morgan fingerprint density at radius 2 is 1.04 bits per heavy atom. The van der Waals surface area contributed by atoms with Crippen LogP contribution in [0.5, 0.6) is 11.5 Å². The molecule has 8 aromatic carbocycles. The fourth-order valence-electron chi connectivity index (χ4n) is 8.70. The number of aromatic nitrogens is 1. The molecule has 0 bridgehead atoms. The smallest absolute Gasteiger partial charge is 0.132 e. The third kappa shape index (κ3) is 3.19. The van der Waals surface area contributed by atoms with Crippen molar-refractivity contribution in [1.82, 2.24) is 4.98 Å². The average molecular weight is 598 g/mol. The van der Waals surface area contributed by atoms with Crippen molar-refractivity contribution in [2.75, 3.05) is 0 Å². The zero-order valence-electron chi connectivity index (χ0n) is 25.4. The second-order valence-corrected chi connectivity index (χ2v) is 12.9. The van der Waals surface area contributed by atoms with Crippen molar-refractivity contribution in [3.05, 3.63) is 180 Å². The van der Waals surface area contributed by atoms with E-state index in [-0.39, 0.29) is 0 Å². The summed E-state index contributed by atoms with van der Waals surface area (Å²) in [6.45, 7) is 0. The minimum atomic E-state index is -0.517. The zero-order chi connectivity index (χ0) is 30.7. The van der Waals surface area contributed by atoms with Gasteiger partial charge in [0.15, 0.2) is 0 Å². The minimum Gasteiger partial charge on any atom is -0.457 e. The first-order chi connectivity index (χ1) is 23.3. The maximum atomic E-state index is 6.61. The molecular formula is C45H27NO. The quantitative estimate of drug-likeness (QED) is 0.200. The highest BCUT2D eigenvalue weighted by Gasteiger charge is 2.51. The molecule has 47 heavy (non-hydrogen) atoms. The Hall–Kier alpha value is -6.12. The van der Waals surface area contributed by atoms with Gasteiger partial charge in [0.25, 0.3) is 0 Å². The lowest BCUT2D eigenvalue weighted by atomic mass is 9.66. The van der Waals surface area contributed by atoms with Gasteiger partial charge in [0.2, 0.25) is 0 Å². The molecule has 0 saturated heterocycles. The molecule has 0 amide bonds. The summed E-state index contributed by atoms with van der Waals surface area (Å²) in [6, 6.07) is 57.7. The van der Waals surface area contributed by atoms with Crippen molar-refractivity contribution in [3.8, 4) is 33.8 Å². The maximum Gasteiger partial charge on any atom is 0.132 e. The monoisotopic (exact) mass is 597 g/mol. The summed E-state index contributed by atoms with van der Waals surface area (Å²) in [5.41, 5.74) is 11.8. The summed E-state index contributed by atoms with van der Waals surface area (Å²) in [5, 5.41) is 7.60. The van der Waals surface area contributed by atoms with E-state index in [4.69, 9.17) is 4.74 Å². The maximum absolute atomic E-state index is 6.61. The fraction of sp³-hybridized carbons (Fsp3) is 0.0222. The molecule has 9 aromatic rings. The van der Waals surface area contributed by atoms with E-state index in [1.807, 2.05) is 0 Å². The van der Waals surface area contributed by atoms with E-state index in [1.165, 1.54) is 82.3 Å². The molecule has 0 fully saturated rings. The van der Waals surface area contributed by atoms with E-state index < -0.39 is 5.41 Å². The molecule has 2 heteroatoms. The summed E-state index contributed by atoms with van der Waals surface area (Å²) in [6.07, 6.45) is 0. The van der Waals surface area contributed by atoms with Gasteiger partial charge in [0.1, 0.15) is 11.5 Å². The SMILES string of the molecule is c1ccc2c(c1)Oc1ccccc1C21c2cc(-c3ccc4[nH]c5ccc6ccccc6c5c4c3)ccc2-c2c1ccc1ccccc21. The lowest BCUT2D eigenvalue weighted by Crippen LogP contribution is -2.32. The van der Waals surface area contributed by atoms with Crippen molar-refractivity contribution in [3.63, 3.8) is 0 Å². The highest BCUT2D eigenvalue weighted by Crippen LogP contribution is 2.63. The zero-order valence-corrected chi connectivity index (χ0v) is 25.4. The largest absolute Gasteiger partial charge is 0.457 e. The number of ether oxygens (including phenoxy) is 1. The summed E-state index contributed by atoms with van der Waals surface area (Å²) in [7, 11) is 0. The highest BCUT2D eigenvalue weighted by molar-refractivity contribution is 6.20. The van der Waals surface area contributed by atoms with Crippen LogP contribution in [-0.4, -0.2) is 4.98 Å². The predicted molar refractivity (Wildman–Crippen MR) is 194 cm³/mol. The third-order valence-electron chi connectivity index (χ3n) is 10.6. The first-order valence-corrected chi connectivity index (χ1v) is 16.3. The Morgan fingerprint density at radius 3 is 1.85 bits per heavy atom. The molecule has 0 saturated carbocycles. The van der Waals surface area contributed by atoms with Gasteiger partial charge in [-0.25, -0.2) is 0 Å². The highest BCUT2D eigenvalue weighted by atomic mass is 16.5. The summed E-state index contributed by atoms with van der Waals surface area (Å²) >= 11 is 0. The molecule has 2 aliphatic rings. The molecule has 0 atom stereocenters. The number of H-pyrrole nitrogens is 1. The van der Waals surface area contributed by atoms with Crippen LogP contribution in [-0.2, 0) is 5.41 Å². The van der Waals surface area contributed by atoms with Crippen molar-refractivity contribution in [2.45, 2.75) is 5.41 Å². The van der Waals surface area contributed by atoms with Gasteiger partial charge in [0.05, 0.1) is 5.41 Å². The predicted octanol–water partition coefficient (Wildman–Crippen LogP) is 11.8. The van der Waals surface area contributed by atoms with Crippen LogP contribution < -0.4 is 4.74 Å². The summed E-state index contributed by atoms with van der Waals surface area (Å²) in [4.78, 5) is 3.67. The Kier molecular flexibility index (Phi) is 4.80.